The van der Waals surface area contributed by atoms with Gasteiger partial charge in [0.15, 0.2) is 0 Å². The Bertz CT molecular complexity index is 462. The molecule has 6 heteroatoms. The van der Waals surface area contributed by atoms with Crippen molar-refractivity contribution in [3.05, 3.63) is 33.3 Å². The summed E-state index contributed by atoms with van der Waals surface area (Å²) in [5.41, 5.74) is 0.374. The van der Waals surface area contributed by atoms with E-state index in [4.69, 9.17) is 11.6 Å². The number of rotatable bonds is 2. The van der Waals surface area contributed by atoms with E-state index in [0.29, 0.717) is 10.6 Å². The zero-order valence-corrected chi connectivity index (χ0v) is 13.8. The molecule has 1 aromatic carbocycles. The van der Waals surface area contributed by atoms with E-state index in [9.17, 15) is 4.79 Å². The van der Waals surface area contributed by atoms with Gasteiger partial charge in [0.1, 0.15) is 0 Å². The van der Waals surface area contributed by atoms with Crippen LogP contribution in [0.15, 0.2) is 22.7 Å². The molecule has 0 unspecified atom stereocenters. The quantitative estimate of drug-likeness (QED) is 0.841. The maximum Gasteiger partial charge on any atom is 0.253 e. The average molecular weight is 368 g/mol. The SMILES string of the molecule is CC1(NC(=O)c2cc(Br)ccc2Cl)CCNCC1.Cl. The van der Waals surface area contributed by atoms with E-state index in [1.807, 2.05) is 6.07 Å². The fraction of sp³-hybridized carbons (Fsp3) is 0.462. The Balaban J connectivity index is 0.00000180. The van der Waals surface area contributed by atoms with Gasteiger partial charge in [-0.2, -0.15) is 0 Å². The standard InChI is InChI=1S/C13H16BrClN2O.ClH/c1-13(4-6-16-7-5-13)17-12(18)10-8-9(14)2-3-11(10)15;/h2-3,8,16H,4-7H2,1H3,(H,17,18);1H. The van der Waals surface area contributed by atoms with Crippen LogP contribution in [0.4, 0.5) is 0 Å². The molecule has 0 spiro atoms. The van der Waals surface area contributed by atoms with E-state index in [1.165, 1.54) is 0 Å². The highest BCUT2D eigenvalue weighted by Gasteiger charge is 2.29. The van der Waals surface area contributed by atoms with Gasteiger partial charge in [0.25, 0.3) is 5.91 Å². The number of nitrogens with one attached hydrogen (secondary N) is 2. The molecule has 2 N–H and O–H groups in total. The van der Waals surface area contributed by atoms with Crippen molar-refractivity contribution in [1.29, 1.82) is 0 Å². The number of amides is 1. The van der Waals surface area contributed by atoms with Crippen molar-refractivity contribution in [3.8, 4) is 0 Å². The van der Waals surface area contributed by atoms with Crippen LogP contribution >= 0.6 is 39.9 Å². The third-order valence-electron chi connectivity index (χ3n) is 3.30. The van der Waals surface area contributed by atoms with E-state index in [1.54, 1.807) is 12.1 Å². The van der Waals surface area contributed by atoms with Gasteiger partial charge in [-0.25, -0.2) is 0 Å². The average Bonchev–Trinajstić information content (AvgIpc) is 2.32. The molecule has 19 heavy (non-hydrogen) atoms. The molecule has 0 saturated carbocycles. The van der Waals surface area contributed by atoms with E-state index in [2.05, 4.69) is 33.5 Å². The molecule has 0 atom stereocenters. The van der Waals surface area contributed by atoms with Crippen LogP contribution in [0.5, 0.6) is 0 Å². The maximum absolute atomic E-state index is 12.3. The van der Waals surface area contributed by atoms with Crippen molar-refractivity contribution in [3.63, 3.8) is 0 Å². The molecular weight excluding hydrogens is 351 g/mol. The molecule has 106 valence electrons. The molecule has 1 heterocycles. The Morgan fingerprint density at radius 1 is 1.42 bits per heavy atom. The molecule has 2 rings (SSSR count). The summed E-state index contributed by atoms with van der Waals surface area (Å²) in [7, 11) is 0. The van der Waals surface area contributed by atoms with Gasteiger partial charge in [0, 0.05) is 10.0 Å². The largest absolute Gasteiger partial charge is 0.347 e. The Morgan fingerprint density at radius 2 is 2.05 bits per heavy atom. The van der Waals surface area contributed by atoms with E-state index in [-0.39, 0.29) is 23.9 Å². The highest BCUT2D eigenvalue weighted by molar-refractivity contribution is 9.10. The lowest BCUT2D eigenvalue weighted by Crippen LogP contribution is -2.52. The number of benzene rings is 1. The summed E-state index contributed by atoms with van der Waals surface area (Å²) >= 11 is 9.41. The minimum Gasteiger partial charge on any atom is -0.347 e. The molecule has 1 amide bonds. The van der Waals surface area contributed by atoms with Crippen molar-refractivity contribution >= 4 is 45.8 Å². The Morgan fingerprint density at radius 3 is 2.68 bits per heavy atom. The van der Waals surface area contributed by atoms with Crippen molar-refractivity contribution in [2.24, 2.45) is 0 Å². The Kier molecular flexibility index (Phi) is 6.12. The fourth-order valence-electron chi connectivity index (χ4n) is 2.12. The van der Waals surface area contributed by atoms with Gasteiger partial charge in [0.2, 0.25) is 0 Å². The minimum absolute atomic E-state index is 0. The summed E-state index contributed by atoms with van der Waals surface area (Å²) in [5, 5.41) is 6.86. The van der Waals surface area contributed by atoms with Gasteiger partial charge in [0.05, 0.1) is 10.6 Å². The van der Waals surface area contributed by atoms with Crippen LogP contribution in [0.1, 0.15) is 30.1 Å². The zero-order chi connectivity index (χ0) is 13.2. The fourth-order valence-corrected chi connectivity index (χ4v) is 2.68. The first-order chi connectivity index (χ1) is 8.50. The van der Waals surface area contributed by atoms with Crippen molar-refractivity contribution in [2.75, 3.05) is 13.1 Å². The third-order valence-corrected chi connectivity index (χ3v) is 4.12. The summed E-state index contributed by atoms with van der Waals surface area (Å²) in [6, 6.07) is 5.30. The first kappa shape index (κ1) is 16.8. The number of halogens is 3. The molecule has 0 bridgehead atoms. The Hall–Kier alpha value is -0.290. The molecule has 3 nitrogen and oxygen atoms in total. The lowest BCUT2D eigenvalue weighted by Gasteiger charge is -2.35. The summed E-state index contributed by atoms with van der Waals surface area (Å²) in [6.45, 7) is 3.95. The molecule has 1 saturated heterocycles. The van der Waals surface area contributed by atoms with Crippen LogP contribution in [0.2, 0.25) is 5.02 Å². The molecule has 0 radical (unpaired) electrons. The van der Waals surface area contributed by atoms with Gasteiger partial charge in [-0.05, 0) is 51.1 Å². The van der Waals surface area contributed by atoms with Crippen molar-refractivity contribution in [2.45, 2.75) is 25.3 Å². The van der Waals surface area contributed by atoms with Crippen LogP contribution < -0.4 is 10.6 Å². The lowest BCUT2D eigenvalue weighted by molar-refractivity contribution is 0.0887. The predicted molar refractivity (Wildman–Crippen MR) is 84.4 cm³/mol. The molecule has 1 fully saturated rings. The van der Waals surface area contributed by atoms with Gasteiger partial charge in [-0.15, -0.1) is 12.4 Å². The molecule has 0 aliphatic carbocycles. The normalized spacial score (nSPS) is 17.4. The van der Waals surface area contributed by atoms with Gasteiger partial charge in [-0.3, -0.25) is 4.79 Å². The van der Waals surface area contributed by atoms with E-state index >= 15 is 0 Å². The van der Waals surface area contributed by atoms with Crippen LogP contribution in [-0.2, 0) is 0 Å². The number of carbonyl (C=O) groups excluding carboxylic acids is 1. The second-order valence-corrected chi connectivity index (χ2v) is 6.21. The smallest absolute Gasteiger partial charge is 0.253 e. The van der Waals surface area contributed by atoms with Crippen molar-refractivity contribution < 1.29 is 4.79 Å². The van der Waals surface area contributed by atoms with Crippen LogP contribution in [0.3, 0.4) is 0 Å². The zero-order valence-electron chi connectivity index (χ0n) is 10.6. The number of hydrogen-bond acceptors (Lipinski definition) is 2. The topological polar surface area (TPSA) is 41.1 Å². The minimum atomic E-state index is -0.145. The first-order valence-electron chi connectivity index (χ1n) is 5.98. The lowest BCUT2D eigenvalue weighted by atomic mass is 9.90. The van der Waals surface area contributed by atoms with Gasteiger partial charge >= 0.3 is 0 Å². The van der Waals surface area contributed by atoms with Crippen LogP contribution in [0, 0.1) is 0 Å². The number of carbonyl (C=O) groups is 1. The number of hydrogen-bond donors (Lipinski definition) is 2. The molecule has 1 aromatic rings. The molecule has 0 aromatic heterocycles. The number of piperidine rings is 1. The van der Waals surface area contributed by atoms with Crippen molar-refractivity contribution in [1.82, 2.24) is 10.6 Å². The molecular formula is C13H17BrCl2N2O. The van der Waals surface area contributed by atoms with Crippen LogP contribution in [-0.4, -0.2) is 24.5 Å². The first-order valence-corrected chi connectivity index (χ1v) is 7.16. The monoisotopic (exact) mass is 366 g/mol. The predicted octanol–water partition coefficient (Wildman–Crippen LogP) is 3.40. The summed E-state index contributed by atoms with van der Waals surface area (Å²) < 4.78 is 0.854. The summed E-state index contributed by atoms with van der Waals surface area (Å²) in [4.78, 5) is 12.3. The maximum atomic E-state index is 12.3. The summed E-state index contributed by atoms with van der Waals surface area (Å²) in [5.74, 6) is -0.106. The molecule has 1 aliphatic heterocycles. The van der Waals surface area contributed by atoms with Crippen LogP contribution in [0.25, 0.3) is 0 Å². The van der Waals surface area contributed by atoms with E-state index in [0.717, 1.165) is 30.4 Å². The third kappa shape index (κ3) is 4.35. The highest BCUT2D eigenvalue weighted by Crippen LogP contribution is 2.23. The second-order valence-electron chi connectivity index (χ2n) is 4.89. The van der Waals surface area contributed by atoms with Gasteiger partial charge in [-0.1, -0.05) is 27.5 Å². The second kappa shape index (κ2) is 6.93. The highest BCUT2D eigenvalue weighted by atomic mass is 79.9. The van der Waals surface area contributed by atoms with Gasteiger partial charge < -0.3 is 10.6 Å². The summed E-state index contributed by atoms with van der Waals surface area (Å²) in [6.07, 6.45) is 1.87. The molecule has 1 aliphatic rings. The van der Waals surface area contributed by atoms with E-state index < -0.39 is 0 Å². The Labute approximate surface area is 133 Å².